The van der Waals surface area contributed by atoms with Crippen molar-refractivity contribution in [1.82, 2.24) is 10.2 Å². The molecule has 0 amide bonds. The second kappa shape index (κ2) is 7.05. The Kier molecular flexibility index (Phi) is 5.67. The molecule has 0 aromatic carbocycles. The minimum atomic E-state index is -0.387. The topological polar surface area (TPSA) is 35.5 Å². The molecule has 2 N–H and O–H groups in total. The summed E-state index contributed by atoms with van der Waals surface area (Å²) in [5.74, 6) is 0.751. The molecule has 2 atom stereocenters. The van der Waals surface area contributed by atoms with Crippen LogP contribution in [0.2, 0.25) is 0 Å². The predicted octanol–water partition coefficient (Wildman–Crippen LogP) is 2.39. The molecule has 1 saturated heterocycles. The molecule has 0 bridgehead atoms. The van der Waals surface area contributed by atoms with E-state index in [1.165, 1.54) is 32.1 Å². The Morgan fingerprint density at radius 2 is 1.95 bits per heavy atom. The van der Waals surface area contributed by atoms with Crippen LogP contribution >= 0.6 is 0 Å². The minimum absolute atomic E-state index is 0.387. The van der Waals surface area contributed by atoms with Crippen molar-refractivity contribution in [3.63, 3.8) is 0 Å². The quantitative estimate of drug-likeness (QED) is 0.803. The Labute approximate surface area is 118 Å². The van der Waals surface area contributed by atoms with E-state index < -0.39 is 0 Å². The molecule has 2 rings (SSSR count). The molecule has 1 aliphatic carbocycles. The fraction of sp³-hybridized carbons (Fsp3) is 1.00. The SMILES string of the molecule is CCNC1CCN(CC2(O)CCCCC2)CC1CC. The zero-order chi connectivity index (χ0) is 13.7. The minimum Gasteiger partial charge on any atom is -0.389 e. The van der Waals surface area contributed by atoms with Gasteiger partial charge in [0.05, 0.1) is 5.60 Å². The van der Waals surface area contributed by atoms with Crippen LogP contribution < -0.4 is 5.32 Å². The summed E-state index contributed by atoms with van der Waals surface area (Å²) in [7, 11) is 0. The molecule has 0 radical (unpaired) electrons. The third-order valence-corrected chi connectivity index (χ3v) is 5.11. The molecule has 2 unspecified atom stereocenters. The summed E-state index contributed by atoms with van der Waals surface area (Å²) < 4.78 is 0. The molecule has 2 fully saturated rings. The highest BCUT2D eigenvalue weighted by molar-refractivity contribution is 4.90. The standard InChI is InChI=1S/C16H32N2O/c1-3-14-12-18(11-8-15(14)17-4-2)13-16(19)9-6-5-7-10-16/h14-15,17,19H,3-13H2,1-2H3. The first-order chi connectivity index (χ1) is 9.17. The number of hydrogen-bond acceptors (Lipinski definition) is 3. The van der Waals surface area contributed by atoms with Crippen molar-refractivity contribution in [2.75, 3.05) is 26.2 Å². The summed E-state index contributed by atoms with van der Waals surface area (Å²) in [6.07, 6.45) is 8.23. The number of nitrogens with zero attached hydrogens (tertiary/aromatic N) is 1. The van der Waals surface area contributed by atoms with Crippen LogP contribution in [0.4, 0.5) is 0 Å². The van der Waals surface area contributed by atoms with Crippen LogP contribution in [0.3, 0.4) is 0 Å². The van der Waals surface area contributed by atoms with E-state index in [9.17, 15) is 5.11 Å². The maximum atomic E-state index is 10.7. The van der Waals surface area contributed by atoms with Crippen molar-refractivity contribution >= 4 is 0 Å². The van der Waals surface area contributed by atoms with Crippen LogP contribution in [0.5, 0.6) is 0 Å². The van der Waals surface area contributed by atoms with Crippen molar-refractivity contribution in [3.8, 4) is 0 Å². The van der Waals surface area contributed by atoms with E-state index in [0.717, 1.165) is 44.9 Å². The van der Waals surface area contributed by atoms with E-state index in [4.69, 9.17) is 0 Å². The maximum Gasteiger partial charge on any atom is 0.0774 e. The van der Waals surface area contributed by atoms with Gasteiger partial charge in [-0.15, -0.1) is 0 Å². The summed E-state index contributed by atoms with van der Waals surface area (Å²) in [6.45, 7) is 8.79. The van der Waals surface area contributed by atoms with Gasteiger partial charge in [0.25, 0.3) is 0 Å². The van der Waals surface area contributed by atoms with Crippen LogP contribution in [0.1, 0.15) is 58.8 Å². The molecule has 112 valence electrons. The Morgan fingerprint density at radius 3 is 2.58 bits per heavy atom. The van der Waals surface area contributed by atoms with E-state index in [2.05, 4.69) is 24.1 Å². The van der Waals surface area contributed by atoms with E-state index in [-0.39, 0.29) is 5.60 Å². The highest BCUT2D eigenvalue weighted by Gasteiger charge is 2.34. The molecule has 1 aliphatic heterocycles. The molecule has 1 saturated carbocycles. The lowest BCUT2D eigenvalue weighted by molar-refractivity contribution is -0.0374. The zero-order valence-electron chi connectivity index (χ0n) is 12.8. The van der Waals surface area contributed by atoms with Crippen LogP contribution in [0, 0.1) is 5.92 Å². The molecule has 0 aromatic heterocycles. The molecule has 1 heterocycles. The van der Waals surface area contributed by atoms with Gasteiger partial charge in [-0.05, 0) is 38.3 Å². The van der Waals surface area contributed by atoms with Crippen molar-refractivity contribution in [3.05, 3.63) is 0 Å². The summed E-state index contributed by atoms with van der Waals surface area (Å²) in [4.78, 5) is 2.52. The molecule has 19 heavy (non-hydrogen) atoms. The third kappa shape index (κ3) is 4.17. The van der Waals surface area contributed by atoms with Gasteiger partial charge in [-0.3, -0.25) is 0 Å². The summed E-state index contributed by atoms with van der Waals surface area (Å²) in [5, 5.41) is 14.3. The van der Waals surface area contributed by atoms with Crippen molar-refractivity contribution in [1.29, 1.82) is 0 Å². The largest absolute Gasteiger partial charge is 0.389 e. The molecule has 0 spiro atoms. The smallest absolute Gasteiger partial charge is 0.0774 e. The van der Waals surface area contributed by atoms with Gasteiger partial charge < -0.3 is 15.3 Å². The summed E-state index contributed by atoms with van der Waals surface area (Å²) in [5.41, 5.74) is -0.387. The summed E-state index contributed by atoms with van der Waals surface area (Å²) in [6, 6.07) is 0.687. The van der Waals surface area contributed by atoms with E-state index in [0.29, 0.717) is 6.04 Å². The molecular formula is C16H32N2O. The highest BCUT2D eigenvalue weighted by Crippen LogP contribution is 2.30. The summed E-state index contributed by atoms with van der Waals surface area (Å²) >= 11 is 0. The maximum absolute atomic E-state index is 10.7. The lowest BCUT2D eigenvalue weighted by Gasteiger charge is -2.43. The second-order valence-corrected chi connectivity index (χ2v) is 6.64. The number of hydrogen-bond donors (Lipinski definition) is 2. The second-order valence-electron chi connectivity index (χ2n) is 6.64. The number of β-amino-alcohol motifs (C(OH)–C–C–N with tert-alkyl or cyclic N) is 1. The van der Waals surface area contributed by atoms with E-state index in [1.54, 1.807) is 0 Å². The first-order valence-corrected chi connectivity index (χ1v) is 8.35. The molecule has 3 nitrogen and oxygen atoms in total. The molecule has 3 heteroatoms. The first kappa shape index (κ1) is 15.3. The van der Waals surface area contributed by atoms with Gasteiger partial charge in [-0.2, -0.15) is 0 Å². The van der Waals surface area contributed by atoms with Gasteiger partial charge in [0.1, 0.15) is 0 Å². The average molecular weight is 268 g/mol. The monoisotopic (exact) mass is 268 g/mol. The Balaban J connectivity index is 1.85. The van der Waals surface area contributed by atoms with Crippen LogP contribution in [0.15, 0.2) is 0 Å². The van der Waals surface area contributed by atoms with Crippen LogP contribution in [-0.2, 0) is 0 Å². The highest BCUT2D eigenvalue weighted by atomic mass is 16.3. The number of likely N-dealkylation sites (tertiary alicyclic amines) is 1. The van der Waals surface area contributed by atoms with E-state index >= 15 is 0 Å². The van der Waals surface area contributed by atoms with Gasteiger partial charge in [0, 0.05) is 19.1 Å². The van der Waals surface area contributed by atoms with Gasteiger partial charge in [-0.1, -0.05) is 39.5 Å². The van der Waals surface area contributed by atoms with Crippen LogP contribution in [-0.4, -0.2) is 47.8 Å². The van der Waals surface area contributed by atoms with Gasteiger partial charge in [0.2, 0.25) is 0 Å². The predicted molar refractivity (Wildman–Crippen MR) is 80.3 cm³/mol. The number of piperidine rings is 1. The Morgan fingerprint density at radius 1 is 1.21 bits per heavy atom. The van der Waals surface area contributed by atoms with Gasteiger partial charge in [0.15, 0.2) is 0 Å². The van der Waals surface area contributed by atoms with Crippen LogP contribution in [0.25, 0.3) is 0 Å². The zero-order valence-corrected chi connectivity index (χ0v) is 12.8. The molecule has 0 aromatic rings. The Bertz CT molecular complexity index is 263. The number of rotatable bonds is 5. The van der Waals surface area contributed by atoms with Crippen molar-refractivity contribution < 1.29 is 5.11 Å². The number of nitrogens with one attached hydrogen (secondary N) is 1. The first-order valence-electron chi connectivity index (χ1n) is 8.35. The molecular weight excluding hydrogens is 236 g/mol. The average Bonchev–Trinajstić information content (AvgIpc) is 2.41. The van der Waals surface area contributed by atoms with Crippen molar-refractivity contribution in [2.45, 2.75) is 70.4 Å². The fourth-order valence-electron chi connectivity index (χ4n) is 3.98. The van der Waals surface area contributed by atoms with E-state index in [1.807, 2.05) is 0 Å². The fourth-order valence-corrected chi connectivity index (χ4v) is 3.98. The van der Waals surface area contributed by atoms with Gasteiger partial charge in [-0.25, -0.2) is 0 Å². The molecule has 2 aliphatic rings. The third-order valence-electron chi connectivity index (χ3n) is 5.11. The Hall–Kier alpha value is -0.120. The van der Waals surface area contributed by atoms with Gasteiger partial charge >= 0.3 is 0 Å². The number of aliphatic hydroxyl groups is 1. The lowest BCUT2D eigenvalue weighted by atomic mass is 9.83. The van der Waals surface area contributed by atoms with Crippen molar-refractivity contribution in [2.24, 2.45) is 5.92 Å². The lowest BCUT2D eigenvalue weighted by Crippen LogP contribution is -2.53. The normalized spacial score (nSPS) is 32.4.